The molecular formula is C30H34N4O4. The summed E-state index contributed by atoms with van der Waals surface area (Å²) in [6.45, 7) is 7.63. The third kappa shape index (κ3) is 6.03. The molecule has 0 spiro atoms. The van der Waals surface area contributed by atoms with E-state index in [1.165, 1.54) is 0 Å². The highest BCUT2D eigenvalue weighted by Crippen LogP contribution is 2.28. The lowest BCUT2D eigenvalue weighted by Crippen LogP contribution is -2.24. The van der Waals surface area contributed by atoms with Crippen LogP contribution in [0.2, 0.25) is 0 Å². The molecular weight excluding hydrogens is 480 g/mol. The van der Waals surface area contributed by atoms with Crippen molar-refractivity contribution < 1.29 is 19.0 Å². The van der Waals surface area contributed by atoms with Crippen molar-refractivity contribution in [2.24, 2.45) is 0 Å². The minimum atomic E-state index is -0.204. The Balaban J connectivity index is 1.26. The van der Waals surface area contributed by atoms with E-state index in [0.717, 1.165) is 71.4 Å². The maximum Gasteiger partial charge on any atom is 0.255 e. The minimum absolute atomic E-state index is 0.143. The Morgan fingerprint density at radius 2 is 2.00 bits per heavy atom. The summed E-state index contributed by atoms with van der Waals surface area (Å²) >= 11 is 0. The van der Waals surface area contributed by atoms with E-state index < -0.39 is 0 Å². The molecule has 2 N–H and O–H groups in total. The lowest BCUT2D eigenvalue weighted by atomic mass is 10.0. The summed E-state index contributed by atoms with van der Waals surface area (Å²) in [6, 6.07) is 15.4. The van der Waals surface area contributed by atoms with Crippen LogP contribution in [0.25, 0.3) is 22.3 Å². The van der Waals surface area contributed by atoms with Gasteiger partial charge < -0.3 is 19.5 Å². The number of hydrogen-bond donors (Lipinski definition) is 2. The molecule has 2 aromatic heterocycles. The van der Waals surface area contributed by atoms with Crippen LogP contribution in [0.15, 0.2) is 48.5 Å². The van der Waals surface area contributed by atoms with Crippen LogP contribution in [0, 0.1) is 13.8 Å². The zero-order valence-corrected chi connectivity index (χ0v) is 22.2. The molecule has 4 aromatic rings. The number of aromatic amines is 1. The second-order valence-electron chi connectivity index (χ2n) is 9.65. The maximum absolute atomic E-state index is 13.2. The number of nitrogens with one attached hydrogen (secondary N) is 2. The zero-order chi connectivity index (χ0) is 26.5. The Morgan fingerprint density at radius 3 is 2.82 bits per heavy atom. The van der Waals surface area contributed by atoms with Gasteiger partial charge in [0.15, 0.2) is 11.9 Å². The van der Waals surface area contributed by atoms with Gasteiger partial charge in [-0.25, -0.2) is 4.98 Å². The summed E-state index contributed by atoms with van der Waals surface area (Å²) in [7, 11) is 0. The number of rotatable bonds is 9. The molecule has 198 valence electrons. The number of H-pyrrole nitrogens is 1. The van der Waals surface area contributed by atoms with Gasteiger partial charge in [0.25, 0.3) is 5.91 Å². The molecule has 1 aliphatic heterocycles. The second-order valence-corrected chi connectivity index (χ2v) is 9.65. The van der Waals surface area contributed by atoms with E-state index in [-0.39, 0.29) is 12.2 Å². The third-order valence-corrected chi connectivity index (χ3v) is 6.72. The van der Waals surface area contributed by atoms with Gasteiger partial charge in [0.1, 0.15) is 12.4 Å². The first-order valence-corrected chi connectivity index (χ1v) is 13.2. The molecule has 1 amide bonds. The number of anilines is 1. The van der Waals surface area contributed by atoms with Gasteiger partial charge >= 0.3 is 0 Å². The molecule has 5 rings (SSSR count). The second kappa shape index (κ2) is 11.8. The van der Waals surface area contributed by atoms with E-state index in [9.17, 15) is 4.79 Å². The number of nitrogens with zero attached hydrogens (tertiary/aromatic N) is 2. The number of benzene rings is 2. The molecule has 38 heavy (non-hydrogen) atoms. The molecule has 1 saturated heterocycles. The number of hydrogen-bond acceptors (Lipinski definition) is 6. The summed E-state index contributed by atoms with van der Waals surface area (Å²) in [6.07, 6.45) is 3.84. The first-order valence-electron chi connectivity index (χ1n) is 13.2. The van der Waals surface area contributed by atoms with E-state index in [1.54, 1.807) is 6.07 Å². The minimum Gasteiger partial charge on any atom is -0.491 e. The molecule has 1 fully saturated rings. The van der Waals surface area contributed by atoms with Crippen molar-refractivity contribution in [3.63, 3.8) is 0 Å². The van der Waals surface area contributed by atoms with Crippen LogP contribution in [0.1, 0.15) is 53.4 Å². The molecule has 0 radical (unpaired) electrons. The topological polar surface area (TPSA) is 98.4 Å². The van der Waals surface area contributed by atoms with Gasteiger partial charge in [-0.3, -0.25) is 9.89 Å². The molecule has 8 nitrogen and oxygen atoms in total. The summed E-state index contributed by atoms with van der Waals surface area (Å²) in [4.78, 5) is 17.9. The molecule has 2 aromatic carbocycles. The fraction of sp³-hybridized carbons (Fsp3) is 0.367. The predicted octanol–water partition coefficient (Wildman–Crippen LogP) is 5.98. The highest BCUT2D eigenvalue weighted by Gasteiger charge is 2.15. The van der Waals surface area contributed by atoms with Gasteiger partial charge in [-0.1, -0.05) is 13.0 Å². The van der Waals surface area contributed by atoms with Crippen LogP contribution in [-0.2, 0) is 15.9 Å². The monoisotopic (exact) mass is 514 g/mol. The van der Waals surface area contributed by atoms with Crippen molar-refractivity contribution in [2.75, 3.05) is 25.1 Å². The normalized spacial score (nSPS) is 15.5. The Bertz CT molecular complexity index is 1430. The fourth-order valence-electron chi connectivity index (χ4n) is 4.70. The smallest absolute Gasteiger partial charge is 0.255 e. The van der Waals surface area contributed by atoms with Crippen molar-refractivity contribution in [3.8, 4) is 17.0 Å². The van der Waals surface area contributed by atoms with Crippen LogP contribution in [-0.4, -0.2) is 47.2 Å². The largest absolute Gasteiger partial charge is 0.491 e. The lowest BCUT2D eigenvalue weighted by molar-refractivity contribution is -0.165. The number of aromatic nitrogens is 3. The highest BCUT2D eigenvalue weighted by atomic mass is 16.7. The van der Waals surface area contributed by atoms with Crippen LogP contribution in [0.5, 0.6) is 5.75 Å². The molecule has 1 aliphatic rings. The van der Waals surface area contributed by atoms with E-state index in [4.69, 9.17) is 19.2 Å². The quantitative estimate of drug-likeness (QED) is 0.267. The van der Waals surface area contributed by atoms with Crippen molar-refractivity contribution in [1.82, 2.24) is 15.2 Å². The van der Waals surface area contributed by atoms with Gasteiger partial charge in [0.05, 0.1) is 18.0 Å². The molecule has 0 aliphatic carbocycles. The molecule has 0 bridgehead atoms. The van der Waals surface area contributed by atoms with E-state index in [2.05, 4.69) is 22.4 Å². The molecule has 8 heteroatoms. The third-order valence-electron chi connectivity index (χ3n) is 6.72. The van der Waals surface area contributed by atoms with Crippen LogP contribution in [0.4, 0.5) is 5.69 Å². The van der Waals surface area contributed by atoms with Crippen molar-refractivity contribution in [3.05, 3.63) is 70.9 Å². The number of carbonyl (C=O) groups excluding carboxylic acids is 1. The van der Waals surface area contributed by atoms with E-state index in [0.29, 0.717) is 30.2 Å². The Hall–Kier alpha value is -3.75. The van der Waals surface area contributed by atoms with Crippen molar-refractivity contribution in [1.29, 1.82) is 0 Å². The first-order chi connectivity index (χ1) is 18.5. The van der Waals surface area contributed by atoms with Gasteiger partial charge in [0.2, 0.25) is 0 Å². The summed E-state index contributed by atoms with van der Waals surface area (Å²) in [5, 5.41) is 11.4. The Morgan fingerprint density at radius 1 is 1.11 bits per heavy atom. The molecule has 1 unspecified atom stereocenters. The van der Waals surface area contributed by atoms with Gasteiger partial charge in [0, 0.05) is 28.8 Å². The zero-order valence-electron chi connectivity index (χ0n) is 22.2. The number of ether oxygens (including phenoxy) is 3. The van der Waals surface area contributed by atoms with Crippen molar-refractivity contribution >= 4 is 22.6 Å². The van der Waals surface area contributed by atoms with Gasteiger partial charge in [-0.05, 0) is 93.1 Å². The number of aryl methyl sites for hydroxylation is 3. The Labute approximate surface area is 222 Å². The van der Waals surface area contributed by atoms with Crippen molar-refractivity contribution in [2.45, 2.75) is 52.7 Å². The average molecular weight is 515 g/mol. The van der Waals surface area contributed by atoms with E-state index in [1.807, 2.05) is 56.3 Å². The molecule has 3 heterocycles. The Kier molecular flexibility index (Phi) is 8.00. The van der Waals surface area contributed by atoms with Gasteiger partial charge in [-0.2, -0.15) is 5.10 Å². The number of amides is 1. The summed E-state index contributed by atoms with van der Waals surface area (Å²) in [5.74, 6) is 0.432. The summed E-state index contributed by atoms with van der Waals surface area (Å²) in [5.41, 5.74) is 6.77. The number of carbonyl (C=O) groups is 1. The number of fused-ring (bicyclic) bond motifs is 1. The fourth-order valence-corrected chi connectivity index (χ4v) is 4.70. The van der Waals surface area contributed by atoms with Gasteiger partial charge in [-0.15, -0.1) is 0 Å². The molecule has 0 saturated carbocycles. The summed E-state index contributed by atoms with van der Waals surface area (Å²) < 4.78 is 17.2. The lowest BCUT2D eigenvalue weighted by Gasteiger charge is -2.22. The van der Waals surface area contributed by atoms with E-state index >= 15 is 0 Å². The predicted molar refractivity (Wildman–Crippen MR) is 148 cm³/mol. The first kappa shape index (κ1) is 25.9. The molecule has 1 atom stereocenters. The standard InChI is InChI=1S/C30H34N4O4/c1-4-26-24-10-11-27(32-29(24)34-33-26)25-18-22(9-8-20(25)3)31-30(35)21-15-19(2)16-23(17-21)36-13-14-38-28-7-5-6-12-37-28/h8-11,15-18,28H,4-7,12-14H2,1-3H3,(H,31,35)(H,32,33,34). The average Bonchev–Trinajstić information content (AvgIpc) is 3.35. The number of pyridine rings is 1. The van der Waals surface area contributed by atoms with Crippen LogP contribution < -0.4 is 10.1 Å². The van der Waals surface area contributed by atoms with Crippen LogP contribution in [0.3, 0.4) is 0 Å². The van der Waals surface area contributed by atoms with Crippen LogP contribution >= 0.6 is 0 Å². The highest BCUT2D eigenvalue weighted by molar-refractivity contribution is 6.05. The maximum atomic E-state index is 13.2. The SMILES string of the molecule is CCc1n[nH]c2nc(-c3cc(NC(=O)c4cc(C)cc(OCCOC5CCCCO5)c4)ccc3C)ccc12.